The standard InChI is InChI=1S/C25H29ClN2O2/c1-25(2,3)18-6-4-17(5-7-18)20(15-24(29)28-10-12-30-13-11-28)22-16-27-23-9-8-19(26)14-21(22)23/h4-9,14,16,20,27H,10-13,15H2,1-3H3. The summed E-state index contributed by atoms with van der Waals surface area (Å²) in [5, 5.41) is 1.77. The molecule has 4 nitrogen and oxygen atoms in total. The van der Waals surface area contributed by atoms with E-state index in [2.05, 4.69) is 50.0 Å². The van der Waals surface area contributed by atoms with Crippen LogP contribution in [0.3, 0.4) is 0 Å². The van der Waals surface area contributed by atoms with Gasteiger partial charge in [-0.05, 0) is 40.3 Å². The molecule has 0 radical (unpaired) electrons. The van der Waals surface area contributed by atoms with Gasteiger partial charge in [0.25, 0.3) is 0 Å². The third-order valence-corrected chi connectivity index (χ3v) is 6.21. The maximum Gasteiger partial charge on any atom is 0.223 e. The molecule has 1 unspecified atom stereocenters. The monoisotopic (exact) mass is 424 g/mol. The number of carbonyl (C=O) groups is 1. The van der Waals surface area contributed by atoms with Crippen LogP contribution in [0.4, 0.5) is 0 Å². The number of ether oxygens (including phenoxy) is 1. The van der Waals surface area contributed by atoms with E-state index < -0.39 is 0 Å². The molecule has 3 aromatic rings. The molecule has 1 fully saturated rings. The van der Waals surface area contributed by atoms with Crippen LogP contribution >= 0.6 is 11.6 Å². The number of aromatic nitrogens is 1. The normalized spacial score (nSPS) is 16.1. The number of amides is 1. The van der Waals surface area contributed by atoms with Crippen LogP contribution in [-0.4, -0.2) is 42.1 Å². The Morgan fingerprint density at radius 3 is 2.50 bits per heavy atom. The third kappa shape index (κ3) is 4.40. The minimum absolute atomic E-state index is 0.0402. The van der Waals surface area contributed by atoms with Crippen molar-refractivity contribution in [3.63, 3.8) is 0 Å². The van der Waals surface area contributed by atoms with Crippen LogP contribution in [0.2, 0.25) is 5.02 Å². The summed E-state index contributed by atoms with van der Waals surface area (Å²) >= 11 is 6.29. The van der Waals surface area contributed by atoms with E-state index in [1.165, 1.54) is 5.56 Å². The van der Waals surface area contributed by atoms with E-state index in [0.717, 1.165) is 22.0 Å². The Kier molecular flexibility index (Phi) is 5.90. The second kappa shape index (κ2) is 8.44. The molecule has 0 spiro atoms. The summed E-state index contributed by atoms with van der Waals surface area (Å²) in [5.74, 6) is 0.126. The summed E-state index contributed by atoms with van der Waals surface area (Å²) in [6, 6.07) is 14.6. The Balaban J connectivity index is 1.72. The summed E-state index contributed by atoms with van der Waals surface area (Å²) in [7, 11) is 0. The molecule has 158 valence electrons. The van der Waals surface area contributed by atoms with Crippen LogP contribution in [0, 0.1) is 0 Å². The third-order valence-electron chi connectivity index (χ3n) is 5.97. The Labute approximate surface area is 183 Å². The van der Waals surface area contributed by atoms with E-state index in [-0.39, 0.29) is 17.2 Å². The Hall–Kier alpha value is -2.30. The SMILES string of the molecule is CC(C)(C)c1ccc(C(CC(=O)N2CCOCC2)c2c[nH]c3ccc(Cl)cc23)cc1. The molecule has 1 aliphatic rings. The minimum atomic E-state index is -0.0402. The quantitative estimate of drug-likeness (QED) is 0.601. The van der Waals surface area contributed by atoms with Gasteiger partial charge < -0.3 is 14.6 Å². The average Bonchev–Trinajstić information content (AvgIpc) is 3.14. The van der Waals surface area contributed by atoms with Gasteiger partial charge in [-0.2, -0.15) is 0 Å². The molecule has 1 amide bonds. The van der Waals surface area contributed by atoms with Gasteiger partial charge in [-0.3, -0.25) is 4.79 Å². The van der Waals surface area contributed by atoms with E-state index in [1.54, 1.807) is 0 Å². The predicted molar refractivity (Wildman–Crippen MR) is 122 cm³/mol. The molecule has 2 aromatic carbocycles. The molecular formula is C25H29ClN2O2. The second-order valence-corrected chi connectivity index (χ2v) is 9.49. The van der Waals surface area contributed by atoms with Crippen LogP contribution in [0.15, 0.2) is 48.7 Å². The zero-order chi connectivity index (χ0) is 21.3. The van der Waals surface area contributed by atoms with Gasteiger partial charge in [-0.1, -0.05) is 56.6 Å². The van der Waals surface area contributed by atoms with E-state index in [1.807, 2.05) is 29.3 Å². The lowest BCUT2D eigenvalue weighted by molar-refractivity contribution is -0.135. The second-order valence-electron chi connectivity index (χ2n) is 9.06. The van der Waals surface area contributed by atoms with Crippen molar-refractivity contribution in [3.05, 3.63) is 70.4 Å². The Morgan fingerprint density at radius 2 is 1.83 bits per heavy atom. The smallest absolute Gasteiger partial charge is 0.223 e. The molecule has 1 N–H and O–H groups in total. The van der Waals surface area contributed by atoms with Gasteiger partial charge >= 0.3 is 0 Å². The molecule has 5 heteroatoms. The highest BCUT2D eigenvalue weighted by Crippen LogP contribution is 2.36. The first-order chi connectivity index (χ1) is 14.3. The zero-order valence-electron chi connectivity index (χ0n) is 17.9. The van der Waals surface area contributed by atoms with Crippen molar-refractivity contribution < 1.29 is 9.53 Å². The summed E-state index contributed by atoms with van der Waals surface area (Å²) in [5.41, 5.74) is 4.66. The molecule has 30 heavy (non-hydrogen) atoms. The van der Waals surface area contributed by atoms with Gasteiger partial charge in [0, 0.05) is 47.6 Å². The number of aromatic amines is 1. The van der Waals surface area contributed by atoms with Gasteiger partial charge in [0.05, 0.1) is 13.2 Å². The van der Waals surface area contributed by atoms with Gasteiger partial charge in [-0.25, -0.2) is 0 Å². The number of benzene rings is 2. The largest absolute Gasteiger partial charge is 0.378 e. The number of carbonyl (C=O) groups excluding carboxylic acids is 1. The fraction of sp³-hybridized carbons (Fsp3) is 0.400. The molecule has 1 atom stereocenters. The Bertz CT molecular complexity index is 1030. The molecule has 1 aromatic heterocycles. The van der Waals surface area contributed by atoms with Crippen LogP contribution < -0.4 is 0 Å². The summed E-state index contributed by atoms with van der Waals surface area (Å²) < 4.78 is 5.41. The number of hydrogen-bond acceptors (Lipinski definition) is 2. The molecule has 0 aliphatic carbocycles. The predicted octanol–water partition coefficient (Wildman–Crippen LogP) is 5.50. The van der Waals surface area contributed by atoms with E-state index >= 15 is 0 Å². The molecule has 2 heterocycles. The lowest BCUT2D eigenvalue weighted by Crippen LogP contribution is -2.41. The number of hydrogen-bond donors (Lipinski definition) is 1. The number of fused-ring (bicyclic) bond motifs is 1. The topological polar surface area (TPSA) is 45.3 Å². The first-order valence-electron chi connectivity index (χ1n) is 10.6. The maximum atomic E-state index is 13.1. The van der Waals surface area contributed by atoms with Crippen molar-refractivity contribution >= 4 is 28.4 Å². The number of halogens is 1. The first-order valence-corrected chi connectivity index (χ1v) is 10.9. The number of rotatable bonds is 4. The van der Waals surface area contributed by atoms with Gasteiger partial charge in [0.1, 0.15) is 0 Å². The van der Waals surface area contributed by atoms with Crippen molar-refractivity contribution in [2.24, 2.45) is 0 Å². The lowest BCUT2D eigenvalue weighted by Gasteiger charge is -2.29. The van der Waals surface area contributed by atoms with Gasteiger partial charge in [-0.15, -0.1) is 0 Å². The van der Waals surface area contributed by atoms with Crippen molar-refractivity contribution in [3.8, 4) is 0 Å². The summed E-state index contributed by atoms with van der Waals surface area (Å²) in [6.07, 6.45) is 2.45. The summed E-state index contributed by atoms with van der Waals surface area (Å²) in [4.78, 5) is 18.4. The highest BCUT2D eigenvalue weighted by Gasteiger charge is 2.26. The highest BCUT2D eigenvalue weighted by atomic mass is 35.5. The van der Waals surface area contributed by atoms with Gasteiger partial charge in [0.2, 0.25) is 5.91 Å². The van der Waals surface area contributed by atoms with Crippen LogP contribution in [-0.2, 0) is 14.9 Å². The van der Waals surface area contributed by atoms with Crippen molar-refractivity contribution in [2.45, 2.75) is 38.5 Å². The molecule has 1 saturated heterocycles. The molecule has 4 rings (SSSR count). The fourth-order valence-corrected chi connectivity index (χ4v) is 4.31. The van der Waals surface area contributed by atoms with E-state index in [0.29, 0.717) is 37.7 Å². The van der Waals surface area contributed by atoms with Crippen LogP contribution in [0.25, 0.3) is 10.9 Å². The number of morpholine rings is 1. The van der Waals surface area contributed by atoms with Crippen molar-refractivity contribution in [2.75, 3.05) is 26.3 Å². The lowest BCUT2D eigenvalue weighted by atomic mass is 9.83. The molecule has 1 aliphatic heterocycles. The van der Waals surface area contributed by atoms with Gasteiger partial charge in [0.15, 0.2) is 0 Å². The van der Waals surface area contributed by atoms with Crippen LogP contribution in [0.5, 0.6) is 0 Å². The molecule has 0 bridgehead atoms. The summed E-state index contributed by atoms with van der Waals surface area (Å²) in [6.45, 7) is 9.18. The average molecular weight is 425 g/mol. The Morgan fingerprint density at radius 1 is 1.13 bits per heavy atom. The van der Waals surface area contributed by atoms with E-state index in [4.69, 9.17) is 16.3 Å². The minimum Gasteiger partial charge on any atom is -0.378 e. The fourth-order valence-electron chi connectivity index (χ4n) is 4.14. The first kappa shape index (κ1) is 21.0. The molecular weight excluding hydrogens is 396 g/mol. The number of nitrogens with zero attached hydrogens (tertiary/aromatic N) is 1. The van der Waals surface area contributed by atoms with Crippen LogP contribution in [0.1, 0.15) is 49.8 Å². The van der Waals surface area contributed by atoms with Crippen molar-refractivity contribution in [1.29, 1.82) is 0 Å². The highest BCUT2D eigenvalue weighted by molar-refractivity contribution is 6.31. The number of H-pyrrole nitrogens is 1. The number of nitrogens with one attached hydrogen (secondary N) is 1. The van der Waals surface area contributed by atoms with E-state index in [9.17, 15) is 4.79 Å². The zero-order valence-corrected chi connectivity index (χ0v) is 18.6. The molecule has 0 saturated carbocycles. The van der Waals surface area contributed by atoms with Crippen molar-refractivity contribution in [1.82, 2.24) is 9.88 Å². The maximum absolute atomic E-state index is 13.1.